The Balaban J connectivity index is 1.73. The van der Waals surface area contributed by atoms with Gasteiger partial charge in [0.25, 0.3) is 0 Å². The van der Waals surface area contributed by atoms with Gasteiger partial charge in [0, 0.05) is 42.1 Å². The molecule has 0 spiro atoms. The average molecular weight is 339 g/mol. The first kappa shape index (κ1) is 13.9. The van der Waals surface area contributed by atoms with Gasteiger partial charge < -0.3 is 10.1 Å². The van der Waals surface area contributed by atoms with Crippen LogP contribution >= 0.6 is 15.9 Å². The summed E-state index contributed by atoms with van der Waals surface area (Å²) in [6.45, 7) is 2.88. The number of benzene rings is 1. The number of halogens is 1. The predicted octanol–water partition coefficient (Wildman–Crippen LogP) is 2.09. The van der Waals surface area contributed by atoms with E-state index in [9.17, 15) is 4.79 Å². The van der Waals surface area contributed by atoms with E-state index >= 15 is 0 Å². The number of methoxy groups -OCH3 is 1. The van der Waals surface area contributed by atoms with E-state index in [0.717, 1.165) is 42.7 Å². The number of nitrogens with one attached hydrogen (secondary N) is 1. The van der Waals surface area contributed by atoms with E-state index in [1.54, 1.807) is 7.11 Å². The number of ether oxygens (including phenoxy) is 1. The van der Waals surface area contributed by atoms with Crippen molar-refractivity contribution in [3.63, 3.8) is 0 Å². The Morgan fingerprint density at radius 3 is 3.00 bits per heavy atom. The Hall–Kier alpha value is -1.07. The lowest BCUT2D eigenvalue weighted by Gasteiger charge is -2.31. The Kier molecular flexibility index (Phi) is 3.98. The minimum atomic E-state index is 0.189. The summed E-state index contributed by atoms with van der Waals surface area (Å²) in [5.41, 5.74) is 2.65. The highest BCUT2D eigenvalue weighted by Gasteiger charge is 2.26. The molecule has 2 aliphatic heterocycles. The molecule has 2 aliphatic rings. The van der Waals surface area contributed by atoms with Crippen molar-refractivity contribution in [3.8, 4) is 5.75 Å². The van der Waals surface area contributed by atoms with Crippen LogP contribution in [-0.2, 0) is 17.8 Å². The van der Waals surface area contributed by atoms with E-state index in [0.29, 0.717) is 12.5 Å². The zero-order chi connectivity index (χ0) is 14.1. The maximum Gasteiger partial charge on any atom is 0.220 e. The van der Waals surface area contributed by atoms with Crippen LogP contribution in [0, 0.1) is 0 Å². The molecule has 1 aromatic rings. The Morgan fingerprint density at radius 1 is 1.45 bits per heavy atom. The Bertz CT molecular complexity index is 516. The van der Waals surface area contributed by atoms with Crippen molar-refractivity contribution < 1.29 is 9.53 Å². The summed E-state index contributed by atoms with van der Waals surface area (Å²) in [5, 5.41) is 3.04. The first-order valence-corrected chi connectivity index (χ1v) is 7.82. The highest BCUT2D eigenvalue weighted by Crippen LogP contribution is 2.32. The lowest BCUT2D eigenvalue weighted by Crippen LogP contribution is -2.41. The SMILES string of the molecule is COc1cc(Br)cc2c1CN(CC1CCC(=O)N1)CC2. The van der Waals surface area contributed by atoms with E-state index in [4.69, 9.17) is 4.74 Å². The Morgan fingerprint density at radius 2 is 2.30 bits per heavy atom. The molecule has 3 rings (SSSR count). The smallest absolute Gasteiger partial charge is 0.220 e. The van der Waals surface area contributed by atoms with Gasteiger partial charge in [0.2, 0.25) is 5.91 Å². The zero-order valence-electron chi connectivity index (χ0n) is 11.6. The largest absolute Gasteiger partial charge is 0.496 e. The summed E-state index contributed by atoms with van der Waals surface area (Å²) in [7, 11) is 1.72. The van der Waals surface area contributed by atoms with Gasteiger partial charge in [-0.15, -0.1) is 0 Å². The predicted molar refractivity (Wildman–Crippen MR) is 80.8 cm³/mol. The molecule has 1 unspecified atom stereocenters. The maximum atomic E-state index is 11.3. The molecule has 1 saturated heterocycles. The van der Waals surface area contributed by atoms with Crippen molar-refractivity contribution >= 4 is 21.8 Å². The summed E-state index contributed by atoms with van der Waals surface area (Å²) >= 11 is 3.53. The van der Waals surface area contributed by atoms with Crippen molar-refractivity contribution in [1.82, 2.24) is 10.2 Å². The topological polar surface area (TPSA) is 41.6 Å². The van der Waals surface area contributed by atoms with Gasteiger partial charge in [0.05, 0.1) is 7.11 Å². The molecule has 108 valence electrons. The van der Waals surface area contributed by atoms with Gasteiger partial charge in [-0.05, 0) is 30.5 Å². The van der Waals surface area contributed by atoms with Crippen LogP contribution in [0.15, 0.2) is 16.6 Å². The molecule has 1 atom stereocenters. The number of carbonyl (C=O) groups excluding carboxylic acids is 1. The molecule has 1 N–H and O–H groups in total. The van der Waals surface area contributed by atoms with Crippen LogP contribution in [-0.4, -0.2) is 37.0 Å². The van der Waals surface area contributed by atoms with Crippen LogP contribution in [0.1, 0.15) is 24.0 Å². The third-order valence-corrected chi connectivity index (χ3v) is 4.59. The van der Waals surface area contributed by atoms with Gasteiger partial charge in [-0.1, -0.05) is 15.9 Å². The molecule has 20 heavy (non-hydrogen) atoms. The molecular weight excluding hydrogens is 320 g/mol. The monoisotopic (exact) mass is 338 g/mol. The molecular formula is C15H19BrN2O2. The van der Waals surface area contributed by atoms with Gasteiger partial charge in [0.1, 0.15) is 5.75 Å². The van der Waals surface area contributed by atoms with E-state index < -0.39 is 0 Å². The fourth-order valence-corrected chi connectivity index (χ4v) is 3.60. The molecule has 0 aliphatic carbocycles. The van der Waals surface area contributed by atoms with E-state index in [1.807, 2.05) is 6.07 Å². The van der Waals surface area contributed by atoms with Crippen molar-refractivity contribution in [3.05, 3.63) is 27.7 Å². The van der Waals surface area contributed by atoms with E-state index in [-0.39, 0.29) is 5.91 Å². The van der Waals surface area contributed by atoms with Crippen molar-refractivity contribution in [2.75, 3.05) is 20.2 Å². The van der Waals surface area contributed by atoms with Crippen LogP contribution in [0.4, 0.5) is 0 Å². The summed E-state index contributed by atoms with van der Waals surface area (Å²) in [6.07, 6.45) is 2.66. The molecule has 0 bridgehead atoms. The second-order valence-electron chi connectivity index (χ2n) is 5.53. The number of amides is 1. The number of rotatable bonds is 3. The number of hydrogen-bond acceptors (Lipinski definition) is 3. The number of nitrogens with zero attached hydrogens (tertiary/aromatic N) is 1. The zero-order valence-corrected chi connectivity index (χ0v) is 13.2. The van der Waals surface area contributed by atoms with Crippen LogP contribution in [0.2, 0.25) is 0 Å². The second kappa shape index (κ2) is 5.74. The molecule has 0 radical (unpaired) electrons. The normalized spacial score (nSPS) is 22.5. The standard InChI is InChI=1S/C15H19BrN2O2/c1-20-14-7-11(16)6-10-4-5-18(9-13(10)14)8-12-2-3-15(19)17-12/h6-7,12H,2-5,8-9H2,1H3,(H,17,19). The summed E-state index contributed by atoms with van der Waals surface area (Å²) in [6, 6.07) is 4.53. The molecule has 4 nitrogen and oxygen atoms in total. The average Bonchev–Trinajstić information content (AvgIpc) is 2.83. The Labute approximate surface area is 127 Å². The molecule has 0 aromatic heterocycles. The van der Waals surface area contributed by atoms with E-state index in [1.165, 1.54) is 11.1 Å². The summed E-state index contributed by atoms with van der Waals surface area (Å²) in [5.74, 6) is 1.14. The maximum absolute atomic E-state index is 11.3. The summed E-state index contributed by atoms with van der Waals surface area (Å²) < 4.78 is 6.58. The molecule has 5 heteroatoms. The molecule has 1 amide bonds. The fraction of sp³-hybridized carbons (Fsp3) is 0.533. The molecule has 2 heterocycles. The van der Waals surface area contributed by atoms with Crippen LogP contribution in [0.3, 0.4) is 0 Å². The third kappa shape index (κ3) is 2.83. The van der Waals surface area contributed by atoms with Gasteiger partial charge in [-0.2, -0.15) is 0 Å². The van der Waals surface area contributed by atoms with Gasteiger partial charge in [-0.25, -0.2) is 0 Å². The van der Waals surface area contributed by atoms with Gasteiger partial charge >= 0.3 is 0 Å². The first-order chi connectivity index (χ1) is 9.65. The lowest BCUT2D eigenvalue weighted by atomic mass is 9.98. The first-order valence-electron chi connectivity index (χ1n) is 7.02. The minimum absolute atomic E-state index is 0.189. The van der Waals surface area contributed by atoms with Gasteiger partial charge in [-0.3, -0.25) is 9.69 Å². The minimum Gasteiger partial charge on any atom is -0.496 e. The third-order valence-electron chi connectivity index (χ3n) is 4.13. The van der Waals surface area contributed by atoms with E-state index in [2.05, 4.69) is 32.2 Å². The van der Waals surface area contributed by atoms with Crippen LogP contribution in [0.25, 0.3) is 0 Å². The number of hydrogen-bond donors (Lipinski definition) is 1. The second-order valence-corrected chi connectivity index (χ2v) is 6.45. The van der Waals surface area contributed by atoms with Crippen molar-refractivity contribution in [1.29, 1.82) is 0 Å². The molecule has 1 fully saturated rings. The van der Waals surface area contributed by atoms with Crippen LogP contribution in [0.5, 0.6) is 5.75 Å². The van der Waals surface area contributed by atoms with Crippen LogP contribution < -0.4 is 10.1 Å². The fourth-order valence-electron chi connectivity index (χ4n) is 3.11. The number of carbonyl (C=O) groups is 1. The quantitative estimate of drug-likeness (QED) is 0.917. The van der Waals surface area contributed by atoms with Crippen molar-refractivity contribution in [2.45, 2.75) is 31.8 Å². The lowest BCUT2D eigenvalue weighted by molar-refractivity contribution is -0.119. The molecule has 0 saturated carbocycles. The highest BCUT2D eigenvalue weighted by molar-refractivity contribution is 9.10. The number of fused-ring (bicyclic) bond motifs is 1. The highest BCUT2D eigenvalue weighted by atomic mass is 79.9. The molecule has 1 aromatic carbocycles. The summed E-state index contributed by atoms with van der Waals surface area (Å²) in [4.78, 5) is 13.7. The van der Waals surface area contributed by atoms with Gasteiger partial charge in [0.15, 0.2) is 0 Å². The van der Waals surface area contributed by atoms with Crippen molar-refractivity contribution in [2.24, 2.45) is 0 Å².